The molecule has 1 aromatic heterocycles. The molecule has 6 heteroatoms. The van der Waals surface area contributed by atoms with Gasteiger partial charge in [0.05, 0.1) is 6.07 Å². The minimum Gasteiger partial charge on any atom is -0.309 e. The van der Waals surface area contributed by atoms with Crippen LogP contribution >= 0.6 is 11.6 Å². The van der Waals surface area contributed by atoms with Crippen LogP contribution in [0.2, 0.25) is 5.02 Å². The highest BCUT2D eigenvalue weighted by Crippen LogP contribution is 2.14. The van der Waals surface area contributed by atoms with Gasteiger partial charge in [0.1, 0.15) is 5.82 Å². The topological polar surface area (TPSA) is 82.8 Å². The Kier molecular flexibility index (Phi) is 5.84. The van der Waals surface area contributed by atoms with Gasteiger partial charge in [0.25, 0.3) is 5.91 Å². The number of nitrogens with zero attached hydrogens (tertiary/aromatic N) is 2. The minimum atomic E-state index is -1.35. The maximum absolute atomic E-state index is 12.1. The molecule has 5 nitrogen and oxygen atoms in total. The number of pyridine rings is 1. The molecule has 1 aromatic carbocycles. The van der Waals surface area contributed by atoms with E-state index in [4.69, 9.17) is 16.9 Å². The summed E-state index contributed by atoms with van der Waals surface area (Å²) in [6.07, 6.45) is 2.03. The number of aryl methyl sites for hydroxylation is 1. The molecule has 116 valence electrons. The van der Waals surface area contributed by atoms with Crippen LogP contribution in [-0.2, 0) is 16.0 Å². The molecular weight excluding hydrogens is 314 g/mol. The number of amides is 1. The average Bonchev–Trinajstić information content (AvgIpc) is 2.54. The predicted octanol–water partition coefficient (Wildman–Crippen LogP) is 3.02. The van der Waals surface area contributed by atoms with E-state index < -0.39 is 17.6 Å². The molecule has 1 atom stereocenters. The Bertz CT molecular complexity index is 741. The van der Waals surface area contributed by atoms with Gasteiger partial charge in [0.2, 0.25) is 0 Å². The Morgan fingerprint density at radius 2 is 2.09 bits per heavy atom. The van der Waals surface area contributed by atoms with E-state index in [0.29, 0.717) is 17.3 Å². The van der Waals surface area contributed by atoms with Crippen molar-refractivity contribution in [1.82, 2.24) is 4.98 Å². The summed E-state index contributed by atoms with van der Waals surface area (Å²) in [5.74, 6) is -2.14. The summed E-state index contributed by atoms with van der Waals surface area (Å²) in [6.45, 7) is 0. The largest absolute Gasteiger partial charge is 0.309 e. The van der Waals surface area contributed by atoms with Crippen molar-refractivity contribution >= 4 is 29.1 Å². The average molecular weight is 328 g/mol. The molecule has 0 aliphatic carbocycles. The van der Waals surface area contributed by atoms with Gasteiger partial charge < -0.3 is 5.32 Å². The first-order valence-corrected chi connectivity index (χ1v) is 7.36. The smallest absolute Gasteiger partial charge is 0.250 e. The highest BCUT2D eigenvalue weighted by atomic mass is 35.5. The van der Waals surface area contributed by atoms with Crippen LogP contribution in [0.3, 0.4) is 0 Å². The summed E-state index contributed by atoms with van der Waals surface area (Å²) >= 11 is 5.88. The summed E-state index contributed by atoms with van der Waals surface area (Å²) in [6, 6.07) is 13.9. The molecule has 0 saturated carbocycles. The summed E-state index contributed by atoms with van der Waals surface area (Å²) < 4.78 is 0. The van der Waals surface area contributed by atoms with Gasteiger partial charge in [0, 0.05) is 17.6 Å². The molecule has 23 heavy (non-hydrogen) atoms. The first-order chi connectivity index (χ1) is 11.1. The van der Waals surface area contributed by atoms with E-state index in [1.165, 1.54) is 6.20 Å². The van der Waals surface area contributed by atoms with Gasteiger partial charge in [-0.3, -0.25) is 9.59 Å². The molecule has 0 saturated heterocycles. The molecule has 1 unspecified atom stereocenters. The first kappa shape index (κ1) is 16.7. The third-order valence-electron chi connectivity index (χ3n) is 3.18. The van der Waals surface area contributed by atoms with Crippen molar-refractivity contribution in [3.05, 3.63) is 59.2 Å². The summed E-state index contributed by atoms with van der Waals surface area (Å²) in [7, 11) is 0. The quantitative estimate of drug-likeness (QED) is 0.827. The van der Waals surface area contributed by atoms with Crippen molar-refractivity contribution in [2.24, 2.45) is 5.92 Å². The lowest BCUT2D eigenvalue weighted by atomic mass is 9.98. The van der Waals surface area contributed by atoms with Crippen molar-refractivity contribution in [1.29, 1.82) is 5.26 Å². The van der Waals surface area contributed by atoms with E-state index in [0.717, 1.165) is 5.56 Å². The van der Waals surface area contributed by atoms with Crippen molar-refractivity contribution < 1.29 is 9.59 Å². The molecule has 2 aromatic rings. The molecule has 1 heterocycles. The molecule has 2 rings (SSSR count). The van der Waals surface area contributed by atoms with Gasteiger partial charge in [-0.25, -0.2) is 4.98 Å². The Balaban J connectivity index is 1.95. The number of nitrogens with one attached hydrogen (secondary N) is 1. The second-order valence-electron chi connectivity index (χ2n) is 4.86. The predicted molar refractivity (Wildman–Crippen MR) is 86.7 cm³/mol. The maximum Gasteiger partial charge on any atom is 0.250 e. The third-order valence-corrected chi connectivity index (χ3v) is 3.41. The normalized spacial score (nSPS) is 11.3. The van der Waals surface area contributed by atoms with Gasteiger partial charge in [0.15, 0.2) is 11.7 Å². The van der Waals surface area contributed by atoms with E-state index in [1.807, 2.05) is 6.07 Å². The van der Waals surface area contributed by atoms with Crippen molar-refractivity contribution in [3.63, 3.8) is 0 Å². The van der Waals surface area contributed by atoms with Crippen LogP contribution < -0.4 is 5.32 Å². The first-order valence-electron chi connectivity index (χ1n) is 6.99. The van der Waals surface area contributed by atoms with Gasteiger partial charge in [-0.15, -0.1) is 0 Å². The van der Waals surface area contributed by atoms with Crippen LogP contribution in [0.25, 0.3) is 0 Å². The van der Waals surface area contributed by atoms with E-state index in [1.54, 1.807) is 42.5 Å². The summed E-state index contributed by atoms with van der Waals surface area (Å²) in [4.78, 5) is 28.1. The van der Waals surface area contributed by atoms with E-state index in [-0.39, 0.29) is 6.42 Å². The SMILES string of the molecule is N#CC(C(=O)CCc1cccc(Cl)c1)C(=O)Nc1ccccn1. The fourth-order valence-electron chi connectivity index (χ4n) is 2.02. The molecule has 0 spiro atoms. The number of carbonyl (C=O) groups excluding carboxylic acids is 2. The summed E-state index contributed by atoms with van der Waals surface area (Å²) in [5.41, 5.74) is 0.882. The Morgan fingerprint density at radius 1 is 1.26 bits per heavy atom. The fraction of sp³-hybridized carbons (Fsp3) is 0.176. The molecule has 0 aliphatic heterocycles. The van der Waals surface area contributed by atoms with Gasteiger partial charge >= 0.3 is 0 Å². The lowest BCUT2D eigenvalue weighted by Gasteiger charge is -2.09. The van der Waals surface area contributed by atoms with Gasteiger partial charge in [-0.05, 0) is 36.2 Å². The van der Waals surface area contributed by atoms with Crippen LogP contribution in [-0.4, -0.2) is 16.7 Å². The van der Waals surface area contributed by atoms with Crippen molar-refractivity contribution in [3.8, 4) is 6.07 Å². The van der Waals surface area contributed by atoms with Crippen molar-refractivity contribution in [2.45, 2.75) is 12.8 Å². The monoisotopic (exact) mass is 327 g/mol. The number of rotatable bonds is 6. The molecule has 0 fully saturated rings. The zero-order valence-electron chi connectivity index (χ0n) is 12.2. The van der Waals surface area contributed by atoms with Crippen LogP contribution in [0.5, 0.6) is 0 Å². The second kappa shape index (κ2) is 8.06. The lowest BCUT2D eigenvalue weighted by molar-refractivity contribution is -0.128. The zero-order chi connectivity index (χ0) is 16.7. The van der Waals surface area contributed by atoms with Crippen molar-refractivity contribution in [2.75, 3.05) is 5.32 Å². The van der Waals surface area contributed by atoms with Crippen LogP contribution in [0.1, 0.15) is 12.0 Å². The maximum atomic E-state index is 12.1. The zero-order valence-corrected chi connectivity index (χ0v) is 13.0. The number of carbonyl (C=O) groups is 2. The standard InChI is InChI=1S/C17H14ClN3O2/c18-13-5-3-4-12(10-13)7-8-15(22)14(11-19)17(23)21-16-6-1-2-9-20-16/h1-6,9-10,14H,7-8H2,(H,20,21,23). The van der Waals surface area contributed by atoms with E-state index in [9.17, 15) is 9.59 Å². The molecule has 1 N–H and O–H groups in total. The van der Waals surface area contributed by atoms with Crippen LogP contribution in [0.15, 0.2) is 48.7 Å². The molecule has 0 bridgehead atoms. The number of hydrogen-bond acceptors (Lipinski definition) is 4. The van der Waals surface area contributed by atoms with E-state index >= 15 is 0 Å². The van der Waals surface area contributed by atoms with Crippen LogP contribution in [0, 0.1) is 17.2 Å². The highest BCUT2D eigenvalue weighted by molar-refractivity contribution is 6.30. The minimum absolute atomic E-state index is 0.0915. The number of aromatic nitrogens is 1. The number of Topliss-reactive ketones (excluding diaryl/α,β-unsaturated/α-hetero) is 1. The second-order valence-corrected chi connectivity index (χ2v) is 5.30. The number of anilines is 1. The van der Waals surface area contributed by atoms with Crippen LogP contribution in [0.4, 0.5) is 5.82 Å². The number of hydrogen-bond donors (Lipinski definition) is 1. The number of ketones is 1. The molecule has 0 radical (unpaired) electrons. The Hall–Kier alpha value is -2.71. The van der Waals surface area contributed by atoms with Gasteiger partial charge in [-0.2, -0.15) is 5.26 Å². The molecule has 1 amide bonds. The highest BCUT2D eigenvalue weighted by Gasteiger charge is 2.26. The fourth-order valence-corrected chi connectivity index (χ4v) is 2.23. The number of halogens is 1. The Morgan fingerprint density at radius 3 is 2.74 bits per heavy atom. The summed E-state index contributed by atoms with van der Waals surface area (Å²) in [5, 5.41) is 12.2. The van der Waals surface area contributed by atoms with E-state index in [2.05, 4.69) is 10.3 Å². The Labute approximate surface area is 138 Å². The lowest BCUT2D eigenvalue weighted by Crippen LogP contribution is -2.29. The number of nitriles is 1. The van der Waals surface area contributed by atoms with Gasteiger partial charge in [-0.1, -0.05) is 29.8 Å². The number of benzene rings is 1. The molecule has 0 aliphatic rings. The third kappa shape index (κ3) is 4.90. The molecular formula is C17H14ClN3O2.